The Bertz CT molecular complexity index is 1450. The Morgan fingerprint density at radius 1 is 1.17 bits per heavy atom. The minimum Gasteiger partial charge on any atom is -0.484 e. The van der Waals surface area contributed by atoms with Crippen molar-refractivity contribution in [3.8, 4) is 28.6 Å². The van der Waals surface area contributed by atoms with Gasteiger partial charge in [-0.3, -0.25) is 9.78 Å². The van der Waals surface area contributed by atoms with Crippen molar-refractivity contribution in [3.63, 3.8) is 0 Å². The number of nitrogens with one attached hydrogen (secondary N) is 1. The van der Waals surface area contributed by atoms with Crippen LogP contribution in [-0.2, 0) is 4.74 Å². The lowest BCUT2D eigenvalue weighted by molar-refractivity contribution is -0.0797. The zero-order valence-electron chi connectivity index (χ0n) is 20.0. The summed E-state index contributed by atoms with van der Waals surface area (Å²) in [5.41, 5.74) is 5.61. The fourth-order valence-electron chi connectivity index (χ4n) is 3.88. The Morgan fingerprint density at radius 2 is 2.03 bits per heavy atom. The Hall–Kier alpha value is -4.48. The third-order valence-corrected chi connectivity index (χ3v) is 6.10. The summed E-state index contributed by atoms with van der Waals surface area (Å²) in [5.74, 6) is 0.174. The molecule has 1 atom stereocenters. The number of hydrogen-bond acceptors (Lipinski definition) is 6. The highest BCUT2D eigenvalue weighted by Gasteiger charge is 2.20. The summed E-state index contributed by atoms with van der Waals surface area (Å²) in [6.45, 7) is 4.99. The first-order valence-corrected chi connectivity index (χ1v) is 11.7. The Labute approximate surface area is 209 Å². The molecule has 1 N–H and O–H groups in total. The van der Waals surface area contributed by atoms with Gasteiger partial charge in [-0.05, 0) is 55.3 Å². The van der Waals surface area contributed by atoms with Crippen molar-refractivity contribution in [1.82, 2.24) is 14.8 Å². The number of aromatic nitrogens is 3. The number of ether oxygens (including phenoxy) is 2. The van der Waals surface area contributed by atoms with Crippen LogP contribution in [0.3, 0.4) is 0 Å². The molecule has 1 amide bonds. The number of hydrogen-bond donors (Lipinski definition) is 1. The van der Waals surface area contributed by atoms with Gasteiger partial charge in [-0.2, -0.15) is 10.4 Å². The lowest BCUT2D eigenvalue weighted by atomic mass is 10.0. The second-order valence-corrected chi connectivity index (χ2v) is 8.79. The number of carbonyl (C=O) groups is 1. The van der Waals surface area contributed by atoms with Gasteiger partial charge >= 0.3 is 0 Å². The zero-order valence-corrected chi connectivity index (χ0v) is 20.0. The number of pyridine rings is 1. The van der Waals surface area contributed by atoms with Crippen LogP contribution < -0.4 is 10.1 Å². The van der Waals surface area contributed by atoms with Crippen LogP contribution in [0.1, 0.15) is 34.3 Å². The maximum atomic E-state index is 12.9. The lowest BCUT2D eigenvalue weighted by Crippen LogP contribution is -2.38. The molecule has 3 heterocycles. The largest absolute Gasteiger partial charge is 0.484 e. The average molecular weight is 480 g/mol. The van der Waals surface area contributed by atoms with Crippen LogP contribution in [-0.4, -0.2) is 40.0 Å². The van der Waals surface area contributed by atoms with E-state index < -0.39 is 0 Å². The van der Waals surface area contributed by atoms with Crippen LogP contribution in [0, 0.1) is 18.3 Å². The topological polar surface area (TPSA) is 102 Å². The summed E-state index contributed by atoms with van der Waals surface area (Å²) >= 11 is 0. The summed E-state index contributed by atoms with van der Waals surface area (Å²) in [6.07, 6.45) is 7.24. The van der Waals surface area contributed by atoms with Crippen molar-refractivity contribution in [2.45, 2.75) is 25.9 Å². The quantitative estimate of drug-likeness (QED) is 0.405. The predicted octanol–water partition coefficient (Wildman–Crippen LogP) is 4.90. The van der Waals surface area contributed by atoms with E-state index in [1.54, 1.807) is 41.5 Å². The molecule has 36 heavy (non-hydrogen) atoms. The summed E-state index contributed by atoms with van der Waals surface area (Å²) < 4.78 is 12.8. The molecule has 0 saturated carbocycles. The molecular formula is C28H25N5O3. The monoisotopic (exact) mass is 479 g/mol. The van der Waals surface area contributed by atoms with Crippen molar-refractivity contribution in [1.29, 1.82) is 5.26 Å². The van der Waals surface area contributed by atoms with Crippen LogP contribution in [0.15, 0.2) is 73.3 Å². The minimum atomic E-state index is -0.285. The van der Waals surface area contributed by atoms with E-state index in [2.05, 4.69) is 21.5 Å². The molecule has 8 heteroatoms. The van der Waals surface area contributed by atoms with Crippen LogP contribution in [0.25, 0.3) is 16.8 Å². The van der Waals surface area contributed by atoms with E-state index in [9.17, 15) is 10.1 Å². The van der Waals surface area contributed by atoms with E-state index in [4.69, 9.17) is 9.47 Å². The molecule has 1 aliphatic rings. The third kappa shape index (κ3) is 4.97. The van der Waals surface area contributed by atoms with Gasteiger partial charge in [0.1, 0.15) is 11.9 Å². The molecule has 180 valence electrons. The number of benzene rings is 2. The first-order valence-electron chi connectivity index (χ1n) is 11.7. The molecule has 2 aromatic carbocycles. The number of amides is 1. The van der Waals surface area contributed by atoms with Gasteiger partial charge in [-0.25, -0.2) is 4.68 Å². The molecule has 4 aromatic rings. The lowest BCUT2D eigenvalue weighted by Gasteiger charge is -2.26. The van der Waals surface area contributed by atoms with Gasteiger partial charge in [0, 0.05) is 34.8 Å². The van der Waals surface area contributed by atoms with Gasteiger partial charge < -0.3 is 14.8 Å². The molecule has 5 rings (SSSR count). The molecule has 1 fully saturated rings. The van der Waals surface area contributed by atoms with E-state index in [-0.39, 0.29) is 17.9 Å². The van der Waals surface area contributed by atoms with Crippen LogP contribution in [0.5, 0.6) is 5.75 Å². The second-order valence-electron chi connectivity index (χ2n) is 8.79. The number of aryl methyl sites for hydroxylation is 1. The molecule has 1 aliphatic heterocycles. The van der Waals surface area contributed by atoms with Gasteiger partial charge in [-0.15, -0.1) is 0 Å². The molecule has 0 bridgehead atoms. The smallest absolute Gasteiger partial charge is 0.255 e. The third-order valence-electron chi connectivity index (χ3n) is 6.10. The molecule has 8 nitrogen and oxygen atoms in total. The molecular weight excluding hydrogens is 454 g/mol. The summed E-state index contributed by atoms with van der Waals surface area (Å²) in [6, 6.07) is 17.0. The first-order chi connectivity index (χ1) is 17.5. The minimum absolute atomic E-state index is 0.0718. The van der Waals surface area contributed by atoms with Crippen molar-refractivity contribution < 1.29 is 14.3 Å². The SMILES string of the molecule is Cc1ccc(NC(=O)c2cccc(C(C)C#N)c2)cc1-n1cc(-c2cncc(OC3COC3)c2)cn1. The second kappa shape index (κ2) is 10.0. The number of nitrogens with zero attached hydrogens (tertiary/aromatic N) is 4. The van der Waals surface area contributed by atoms with Crippen molar-refractivity contribution in [2.24, 2.45) is 0 Å². The number of rotatable bonds is 7. The molecule has 0 radical (unpaired) electrons. The molecule has 0 spiro atoms. The Kier molecular flexibility index (Phi) is 6.48. The van der Waals surface area contributed by atoms with Gasteiger partial charge in [0.25, 0.3) is 5.91 Å². The van der Waals surface area contributed by atoms with Crippen molar-refractivity contribution >= 4 is 11.6 Å². The van der Waals surface area contributed by atoms with Gasteiger partial charge in [0.05, 0.1) is 43.3 Å². The van der Waals surface area contributed by atoms with Crippen molar-refractivity contribution in [2.75, 3.05) is 18.5 Å². The molecule has 1 unspecified atom stereocenters. The average Bonchev–Trinajstić information content (AvgIpc) is 3.37. The van der Waals surface area contributed by atoms with Gasteiger partial charge in [0.15, 0.2) is 0 Å². The number of anilines is 1. The standard InChI is InChI=1S/C28H25N5O3/c1-18-6-7-24(32-28(34)21-5-3-4-20(8-21)19(2)11-29)10-27(18)33-15-23(13-31-33)22-9-25(14-30-12-22)36-26-16-35-17-26/h3-10,12-15,19,26H,16-17H2,1-2H3,(H,32,34). The molecule has 2 aromatic heterocycles. The van der Waals surface area contributed by atoms with E-state index in [1.165, 1.54) is 0 Å². The maximum Gasteiger partial charge on any atom is 0.255 e. The predicted molar refractivity (Wildman–Crippen MR) is 135 cm³/mol. The Balaban J connectivity index is 1.35. The molecule has 0 aliphatic carbocycles. The van der Waals surface area contributed by atoms with E-state index in [1.807, 2.05) is 50.4 Å². The fraction of sp³-hybridized carbons (Fsp3) is 0.214. The molecule has 1 saturated heterocycles. The maximum absolute atomic E-state index is 12.9. The van der Waals surface area contributed by atoms with E-state index in [0.717, 1.165) is 27.9 Å². The number of carbonyl (C=O) groups excluding carboxylic acids is 1. The summed E-state index contributed by atoms with van der Waals surface area (Å²) in [4.78, 5) is 17.2. The van der Waals surface area contributed by atoms with E-state index in [0.29, 0.717) is 30.2 Å². The van der Waals surface area contributed by atoms with Crippen LogP contribution in [0.2, 0.25) is 0 Å². The van der Waals surface area contributed by atoms with Crippen molar-refractivity contribution in [3.05, 3.63) is 90.0 Å². The van der Waals surface area contributed by atoms with Gasteiger partial charge in [-0.1, -0.05) is 18.2 Å². The fourth-order valence-corrected chi connectivity index (χ4v) is 3.88. The van der Waals surface area contributed by atoms with E-state index >= 15 is 0 Å². The highest BCUT2D eigenvalue weighted by atomic mass is 16.6. The zero-order chi connectivity index (χ0) is 25.1. The first kappa shape index (κ1) is 23.3. The van der Waals surface area contributed by atoms with Crippen LogP contribution in [0.4, 0.5) is 5.69 Å². The Morgan fingerprint density at radius 3 is 2.81 bits per heavy atom. The summed E-state index contributed by atoms with van der Waals surface area (Å²) in [5, 5.41) is 16.7. The normalized spacial score (nSPS) is 13.9. The number of nitriles is 1. The van der Waals surface area contributed by atoms with Gasteiger partial charge in [0.2, 0.25) is 0 Å². The highest BCUT2D eigenvalue weighted by Crippen LogP contribution is 2.26. The van der Waals surface area contributed by atoms with Crippen LogP contribution >= 0.6 is 0 Å². The highest BCUT2D eigenvalue weighted by molar-refractivity contribution is 6.04. The summed E-state index contributed by atoms with van der Waals surface area (Å²) in [7, 11) is 0.